The zero-order valence-corrected chi connectivity index (χ0v) is 9.93. The molecule has 2 nitrogen and oxygen atoms in total. The Labute approximate surface area is 92.5 Å². The Morgan fingerprint density at radius 3 is 2.21 bits per heavy atom. The van der Waals surface area contributed by atoms with Gasteiger partial charge < -0.3 is 4.90 Å². The van der Waals surface area contributed by atoms with Crippen molar-refractivity contribution in [2.75, 3.05) is 13.1 Å². The predicted molar refractivity (Wildman–Crippen MR) is 62.7 cm³/mol. The van der Waals surface area contributed by atoms with Gasteiger partial charge in [0.15, 0.2) is 0 Å². The van der Waals surface area contributed by atoms with E-state index < -0.39 is 0 Å². The number of hydrogen-bond donors (Lipinski definition) is 1. The highest BCUT2D eigenvalue weighted by molar-refractivity contribution is 7.81. The minimum absolute atomic E-state index is 0.0885. The first-order valence-corrected chi connectivity index (χ1v) is 6.24. The van der Waals surface area contributed by atoms with Crippen LogP contribution in [0.25, 0.3) is 0 Å². The van der Waals surface area contributed by atoms with Crippen molar-refractivity contribution < 1.29 is 4.79 Å². The number of carbonyl (C=O) groups excluding carboxylic acids is 1. The molecule has 0 aliphatic carbocycles. The lowest BCUT2D eigenvalue weighted by molar-refractivity contribution is -0.130. The predicted octanol–water partition coefficient (Wildman–Crippen LogP) is 2.49. The highest BCUT2D eigenvalue weighted by atomic mass is 32.1. The quantitative estimate of drug-likeness (QED) is 0.702. The Bertz CT molecular complexity index is 176. The van der Waals surface area contributed by atoms with Gasteiger partial charge in [-0.2, -0.15) is 12.6 Å². The Morgan fingerprint density at radius 1 is 1.21 bits per heavy atom. The lowest BCUT2D eigenvalue weighted by Gasteiger charge is -2.26. The molecular weight excluding hydrogens is 194 g/mol. The number of amides is 1. The maximum atomic E-state index is 11.8. The maximum Gasteiger partial charge on any atom is 0.235 e. The number of thiol groups is 1. The standard InChI is InChI=1S/C11H21NOS/c1-2-10(14)11(13)12-8-6-4-3-5-7-9-12/h10,14H,2-9H2,1H3. The molecule has 1 rings (SSSR count). The Hall–Kier alpha value is -0.180. The van der Waals surface area contributed by atoms with Crippen LogP contribution in [0.4, 0.5) is 0 Å². The average molecular weight is 215 g/mol. The molecule has 0 saturated carbocycles. The van der Waals surface area contributed by atoms with E-state index in [2.05, 4.69) is 12.6 Å². The largest absolute Gasteiger partial charge is 0.342 e. The van der Waals surface area contributed by atoms with Crippen LogP contribution < -0.4 is 0 Å². The normalized spacial score (nSPS) is 21.1. The summed E-state index contributed by atoms with van der Waals surface area (Å²) in [5, 5.41) is -0.0885. The molecule has 1 unspecified atom stereocenters. The first kappa shape index (κ1) is 11.9. The maximum absolute atomic E-state index is 11.8. The van der Waals surface area contributed by atoms with Gasteiger partial charge in [-0.3, -0.25) is 4.79 Å². The average Bonchev–Trinajstić information content (AvgIpc) is 2.15. The van der Waals surface area contributed by atoms with E-state index in [1.165, 1.54) is 19.3 Å². The minimum atomic E-state index is -0.0885. The molecule has 0 N–H and O–H groups in total. The van der Waals surface area contributed by atoms with E-state index in [-0.39, 0.29) is 11.2 Å². The zero-order chi connectivity index (χ0) is 10.4. The molecule has 1 amide bonds. The molecule has 1 saturated heterocycles. The fraction of sp³-hybridized carbons (Fsp3) is 0.909. The molecule has 0 aromatic heterocycles. The Balaban J connectivity index is 2.42. The Morgan fingerprint density at radius 2 is 1.71 bits per heavy atom. The van der Waals surface area contributed by atoms with Gasteiger partial charge in [0.05, 0.1) is 5.25 Å². The minimum Gasteiger partial charge on any atom is -0.342 e. The van der Waals surface area contributed by atoms with E-state index in [0.717, 1.165) is 32.4 Å². The van der Waals surface area contributed by atoms with Crippen LogP contribution >= 0.6 is 12.6 Å². The van der Waals surface area contributed by atoms with Gasteiger partial charge in [-0.25, -0.2) is 0 Å². The molecule has 82 valence electrons. The monoisotopic (exact) mass is 215 g/mol. The number of rotatable bonds is 2. The lowest BCUT2D eigenvalue weighted by Crippen LogP contribution is -2.38. The van der Waals surface area contributed by atoms with Crippen LogP contribution in [0.1, 0.15) is 45.4 Å². The number of carbonyl (C=O) groups is 1. The van der Waals surface area contributed by atoms with Gasteiger partial charge in [-0.05, 0) is 19.3 Å². The van der Waals surface area contributed by atoms with Crippen molar-refractivity contribution in [2.24, 2.45) is 0 Å². The third-order valence-electron chi connectivity index (χ3n) is 2.84. The van der Waals surface area contributed by atoms with Gasteiger partial charge >= 0.3 is 0 Å². The van der Waals surface area contributed by atoms with Gasteiger partial charge in [0.2, 0.25) is 5.91 Å². The summed E-state index contributed by atoms with van der Waals surface area (Å²) in [5.74, 6) is 0.234. The topological polar surface area (TPSA) is 20.3 Å². The Kier molecular flexibility index (Phi) is 5.38. The molecule has 1 aliphatic rings. The SMILES string of the molecule is CCC(S)C(=O)N1CCCCCCC1. The van der Waals surface area contributed by atoms with Crippen molar-refractivity contribution in [1.82, 2.24) is 4.90 Å². The highest BCUT2D eigenvalue weighted by Gasteiger charge is 2.19. The summed E-state index contributed by atoms with van der Waals surface area (Å²) in [6.45, 7) is 3.89. The fourth-order valence-corrected chi connectivity index (χ4v) is 2.02. The van der Waals surface area contributed by atoms with Crippen LogP contribution in [0.2, 0.25) is 0 Å². The van der Waals surface area contributed by atoms with Crippen molar-refractivity contribution in [2.45, 2.75) is 50.7 Å². The van der Waals surface area contributed by atoms with Crippen molar-refractivity contribution in [1.29, 1.82) is 0 Å². The van der Waals surface area contributed by atoms with Gasteiger partial charge in [-0.1, -0.05) is 26.2 Å². The molecule has 1 aliphatic heterocycles. The molecule has 3 heteroatoms. The summed E-state index contributed by atoms with van der Waals surface area (Å²) in [5.41, 5.74) is 0. The molecule has 14 heavy (non-hydrogen) atoms. The summed E-state index contributed by atoms with van der Waals surface area (Å²) in [7, 11) is 0. The number of likely N-dealkylation sites (tertiary alicyclic amines) is 1. The van der Waals surface area contributed by atoms with Gasteiger partial charge in [-0.15, -0.1) is 0 Å². The summed E-state index contributed by atoms with van der Waals surface area (Å²) >= 11 is 4.31. The van der Waals surface area contributed by atoms with Crippen LogP contribution in [0.15, 0.2) is 0 Å². The highest BCUT2D eigenvalue weighted by Crippen LogP contribution is 2.13. The zero-order valence-electron chi connectivity index (χ0n) is 9.04. The van der Waals surface area contributed by atoms with Crippen LogP contribution in [-0.4, -0.2) is 29.1 Å². The van der Waals surface area contributed by atoms with E-state index in [9.17, 15) is 4.79 Å². The third kappa shape index (κ3) is 3.52. The van der Waals surface area contributed by atoms with Crippen molar-refractivity contribution >= 4 is 18.5 Å². The van der Waals surface area contributed by atoms with E-state index in [1.807, 2.05) is 11.8 Å². The lowest BCUT2D eigenvalue weighted by atomic mass is 10.1. The van der Waals surface area contributed by atoms with Crippen molar-refractivity contribution in [3.63, 3.8) is 0 Å². The second-order valence-electron chi connectivity index (χ2n) is 4.02. The molecule has 1 atom stereocenters. The van der Waals surface area contributed by atoms with Gasteiger partial charge in [0.1, 0.15) is 0 Å². The van der Waals surface area contributed by atoms with E-state index in [1.54, 1.807) is 0 Å². The van der Waals surface area contributed by atoms with Gasteiger partial charge in [0, 0.05) is 13.1 Å². The van der Waals surface area contributed by atoms with Crippen molar-refractivity contribution in [3.8, 4) is 0 Å². The van der Waals surface area contributed by atoms with E-state index in [4.69, 9.17) is 0 Å². The van der Waals surface area contributed by atoms with Gasteiger partial charge in [0.25, 0.3) is 0 Å². The van der Waals surface area contributed by atoms with E-state index in [0.29, 0.717) is 0 Å². The molecule has 0 aromatic carbocycles. The first-order chi connectivity index (χ1) is 6.75. The molecule has 1 fully saturated rings. The molecular formula is C11H21NOS. The fourth-order valence-electron chi connectivity index (χ4n) is 1.85. The smallest absolute Gasteiger partial charge is 0.235 e. The molecule has 0 aromatic rings. The summed E-state index contributed by atoms with van der Waals surface area (Å²) in [4.78, 5) is 13.8. The number of hydrogen-bond acceptors (Lipinski definition) is 2. The van der Waals surface area contributed by atoms with Crippen LogP contribution in [-0.2, 0) is 4.79 Å². The summed E-state index contributed by atoms with van der Waals surface area (Å²) in [6, 6.07) is 0. The van der Waals surface area contributed by atoms with Crippen LogP contribution in [0.3, 0.4) is 0 Å². The first-order valence-electron chi connectivity index (χ1n) is 5.72. The second-order valence-corrected chi connectivity index (χ2v) is 4.64. The third-order valence-corrected chi connectivity index (χ3v) is 3.43. The van der Waals surface area contributed by atoms with Crippen LogP contribution in [0, 0.1) is 0 Å². The molecule has 1 heterocycles. The summed E-state index contributed by atoms with van der Waals surface area (Å²) < 4.78 is 0. The number of nitrogens with zero attached hydrogens (tertiary/aromatic N) is 1. The van der Waals surface area contributed by atoms with Crippen LogP contribution in [0.5, 0.6) is 0 Å². The second kappa shape index (κ2) is 6.33. The summed E-state index contributed by atoms with van der Waals surface area (Å²) in [6.07, 6.45) is 7.03. The molecule has 0 radical (unpaired) electrons. The van der Waals surface area contributed by atoms with Crippen molar-refractivity contribution in [3.05, 3.63) is 0 Å². The molecule has 0 spiro atoms. The molecule has 0 bridgehead atoms. The van der Waals surface area contributed by atoms with E-state index >= 15 is 0 Å².